The number of halogens is 3. The van der Waals surface area contributed by atoms with Gasteiger partial charge in [0.1, 0.15) is 23.0 Å². The topological polar surface area (TPSA) is 71.7 Å². The predicted molar refractivity (Wildman–Crippen MR) is 106 cm³/mol. The molecule has 2 aromatic carbocycles. The maximum absolute atomic E-state index is 13.3. The molecule has 1 aromatic heterocycles. The molecule has 1 amide bonds. The van der Waals surface area contributed by atoms with E-state index in [1.54, 1.807) is 51.1 Å². The van der Waals surface area contributed by atoms with Gasteiger partial charge in [0.25, 0.3) is 0 Å². The van der Waals surface area contributed by atoms with Crippen LogP contribution in [-0.2, 0) is 24.1 Å². The first-order valence-corrected chi connectivity index (χ1v) is 9.26. The Morgan fingerprint density at radius 3 is 2.50 bits per heavy atom. The Labute approximate surface area is 171 Å². The average molecular weight is 421 g/mol. The molecular weight excluding hydrogens is 399 g/mol. The molecule has 0 aliphatic heterocycles. The molecule has 3 rings (SSSR count). The van der Waals surface area contributed by atoms with Gasteiger partial charge in [0.2, 0.25) is 0 Å². The van der Waals surface area contributed by atoms with E-state index in [1.807, 2.05) is 0 Å². The van der Waals surface area contributed by atoms with Crippen LogP contribution in [0.15, 0.2) is 47.1 Å². The van der Waals surface area contributed by atoms with Gasteiger partial charge in [-0.25, -0.2) is 4.79 Å². The van der Waals surface area contributed by atoms with Crippen molar-refractivity contribution in [3.05, 3.63) is 59.4 Å². The lowest BCUT2D eigenvalue weighted by molar-refractivity contribution is -0.136. The number of aliphatic hydroxyl groups excluding tert-OH is 1. The van der Waals surface area contributed by atoms with E-state index in [2.05, 4.69) is 5.32 Å². The van der Waals surface area contributed by atoms with Crippen LogP contribution in [0, 0.1) is 0 Å². The van der Waals surface area contributed by atoms with Crippen LogP contribution in [0.4, 0.5) is 18.0 Å². The monoisotopic (exact) mass is 421 g/mol. The normalized spacial score (nSPS) is 12.2. The van der Waals surface area contributed by atoms with Crippen LogP contribution in [0.3, 0.4) is 0 Å². The van der Waals surface area contributed by atoms with Gasteiger partial charge in [-0.3, -0.25) is 0 Å². The van der Waals surface area contributed by atoms with Crippen molar-refractivity contribution < 1.29 is 32.2 Å². The molecule has 1 heterocycles. The summed E-state index contributed by atoms with van der Waals surface area (Å²) >= 11 is 0. The van der Waals surface area contributed by atoms with Gasteiger partial charge in [0.15, 0.2) is 0 Å². The molecule has 0 aliphatic rings. The van der Waals surface area contributed by atoms with E-state index in [-0.39, 0.29) is 17.5 Å². The number of alkyl carbamates (subject to hydrolysis) is 1. The molecule has 160 valence electrons. The second-order valence-electron chi connectivity index (χ2n) is 7.88. The largest absolute Gasteiger partial charge is 0.463 e. The molecular formula is C22H22F3NO4. The van der Waals surface area contributed by atoms with Crippen LogP contribution in [0.2, 0.25) is 0 Å². The number of carbonyl (C=O) groups is 1. The summed E-state index contributed by atoms with van der Waals surface area (Å²) < 4.78 is 50.4. The average Bonchev–Trinajstić information content (AvgIpc) is 3.08. The molecule has 5 nitrogen and oxygen atoms in total. The minimum Gasteiger partial charge on any atom is -0.463 e. The van der Waals surface area contributed by atoms with Crippen LogP contribution in [-0.4, -0.2) is 16.8 Å². The second kappa shape index (κ2) is 8.02. The van der Waals surface area contributed by atoms with Gasteiger partial charge in [0, 0.05) is 17.5 Å². The lowest BCUT2D eigenvalue weighted by Crippen LogP contribution is -2.32. The number of rotatable bonds is 4. The van der Waals surface area contributed by atoms with Gasteiger partial charge in [-0.1, -0.05) is 18.2 Å². The van der Waals surface area contributed by atoms with E-state index in [1.165, 1.54) is 6.07 Å². The van der Waals surface area contributed by atoms with E-state index in [9.17, 15) is 23.1 Å². The Balaban J connectivity index is 1.95. The number of carbonyl (C=O) groups excluding carboxylic acids is 1. The van der Waals surface area contributed by atoms with Crippen molar-refractivity contribution in [1.82, 2.24) is 5.32 Å². The third kappa shape index (κ3) is 4.94. The highest BCUT2D eigenvalue weighted by Gasteiger charge is 2.35. The van der Waals surface area contributed by atoms with Gasteiger partial charge in [0.05, 0.1) is 6.61 Å². The number of aliphatic hydroxyl groups is 1. The SMILES string of the molecule is CC(C)(C)OC(=O)NCc1cccc(-c2cc(CO)cc3c(C(F)(F)F)coc23)c1. The standard InChI is InChI=1S/C22H22F3NO4/c1-21(2,3)30-20(28)26-10-13-5-4-6-15(7-13)16-8-14(11-27)9-17-18(22(23,24)25)12-29-19(16)17/h4-9,12,27H,10-11H2,1-3H3,(H,26,28). The van der Waals surface area contributed by atoms with Crippen LogP contribution in [0.25, 0.3) is 22.1 Å². The zero-order valence-electron chi connectivity index (χ0n) is 16.8. The van der Waals surface area contributed by atoms with E-state index in [0.29, 0.717) is 23.0 Å². The summed E-state index contributed by atoms with van der Waals surface area (Å²) in [5.74, 6) is 0. The molecule has 0 atom stereocenters. The molecule has 2 N–H and O–H groups in total. The molecule has 0 spiro atoms. The number of benzene rings is 2. The van der Waals surface area contributed by atoms with Crippen LogP contribution < -0.4 is 5.32 Å². The number of nitrogens with one attached hydrogen (secondary N) is 1. The number of ether oxygens (including phenoxy) is 1. The fourth-order valence-corrected chi connectivity index (χ4v) is 3.06. The van der Waals surface area contributed by atoms with Gasteiger partial charge in [-0.15, -0.1) is 0 Å². The number of fused-ring (bicyclic) bond motifs is 1. The minimum absolute atomic E-state index is 0.0803. The van der Waals surface area contributed by atoms with E-state index in [4.69, 9.17) is 9.15 Å². The second-order valence-corrected chi connectivity index (χ2v) is 7.88. The molecule has 0 radical (unpaired) electrons. The minimum atomic E-state index is -4.57. The van der Waals surface area contributed by atoms with E-state index in [0.717, 1.165) is 5.56 Å². The third-order valence-electron chi connectivity index (χ3n) is 4.30. The molecule has 3 aromatic rings. The van der Waals surface area contributed by atoms with Crippen molar-refractivity contribution in [2.75, 3.05) is 0 Å². The summed E-state index contributed by atoms with van der Waals surface area (Å²) in [5, 5.41) is 12.1. The predicted octanol–water partition coefficient (Wildman–Crippen LogP) is 5.64. The van der Waals surface area contributed by atoms with Gasteiger partial charge in [-0.05, 0) is 55.7 Å². The maximum Gasteiger partial charge on any atom is 0.420 e. The molecule has 0 saturated heterocycles. The van der Waals surface area contributed by atoms with Crippen molar-refractivity contribution in [3.8, 4) is 11.1 Å². The van der Waals surface area contributed by atoms with Gasteiger partial charge < -0.3 is 19.6 Å². The van der Waals surface area contributed by atoms with Crippen LogP contribution >= 0.6 is 0 Å². The molecule has 0 unspecified atom stereocenters. The summed E-state index contributed by atoms with van der Waals surface area (Å²) in [4.78, 5) is 11.9. The Morgan fingerprint density at radius 1 is 1.13 bits per heavy atom. The van der Waals surface area contributed by atoms with E-state index >= 15 is 0 Å². The lowest BCUT2D eigenvalue weighted by Gasteiger charge is -2.19. The summed E-state index contributed by atoms with van der Waals surface area (Å²) in [7, 11) is 0. The number of hydrogen-bond donors (Lipinski definition) is 2. The first-order valence-electron chi connectivity index (χ1n) is 9.26. The smallest absolute Gasteiger partial charge is 0.420 e. The number of alkyl halides is 3. The van der Waals surface area contributed by atoms with Crippen molar-refractivity contribution in [1.29, 1.82) is 0 Å². The fraction of sp³-hybridized carbons (Fsp3) is 0.318. The lowest BCUT2D eigenvalue weighted by atomic mass is 9.97. The number of amides is 1. The van der Waals surface area contributed by atoms with Gasteiger partial charge in [-0.2, -0.15) is 13.2 Å². The van der Waals surface area contributed by atoms with Crippen molar-refractivity contribution in [2.45, 2.75) is 45.7 Å². The summed E-state index contributed by atoms with van der Waals surface area (Å²) in [6.07, 6.45) is -4.46. The van der Waals surface area contributed by atoms with Gasteiger partial charge >= 0.3 is 12.3 Å². The van der Waals surface area contributed by atoms with Crippen molar-refractivity contribution >= 4 is 17.1 Å². The Hall–Kier alpha value is -3.00. The first-order chi connectivity index (χ1) is 14.0. The number of hydrogen-bond acceptors (Lipinski definition) is 4. The van der Waals surface area contributed by atoms with Crippen LogP contribution in [0.5, 0.6) is 0 Å². The molecule has 0 bridgehead atoms. The zero-order valence-corrected chi connectivity index (χ0v) is 16.8. The van der Waals surface area contributed by atoms with Crippen molar-refractivity contribution in [2.24, 2.45) is 0 Å². The highest BCUT2D eigenvalue weighted by Crippen LogP contribution is 2.40. The zero-order chi connectivity index (χ0) is 22.1. The Bertz CT molecular complexity index is 1060. The van der Waals surface area contributed by atoms with Crippen LogP contribution in [0.1, 0.15) is 37.5 Å². The number of furan rings is 1. The summed E-state index contributed by atoms with van der Waals surface area (Å²) in [6.45, 7) is 5.03. The molecule has 0 aliphatic carbocycles. The highest BCUT2D eigenvalue weighted by atomic mass is 19.4. The summed E-state index contributed by atoms with van der Waals surface area (Å²) in [6, 6.07) is 9.83. The molecule has 8 heteroatoms. The highest BCUT2D eigenvalue weighted by molar-refractivity contribution is 5.95. The van der Waals surface area contributed by atoms with E-state index < -0.39 is 30.0 Å². The molecule has 0 fully saturated rings. The first kappa shape index (κ1) is 21.7. The fourth-order valence-electron chi connectivity index (χ4n) is 3.06. The van der Waals surface area contributed by atoms with Crippen molar-refractivity contribution in [3.63, 3.8) is 0 Å². The summed E-state index contributed by atoms with van der Waals surface area (Å²) in [5.41, 5.74) is 0.643. The Kier molecular flexibility index (Phi) is 5.81. The quantitative estimate of drug-likeness (QED) is 0.572. The Morgan fingerprint density at radius 2 is 1.87 bits per heavy atom. The maximum atomic E-state index is 13.3. The molecule has 30 heavy (non-hydrogen) atoms. The molecule has 0 saturated carbocycles. The third-order valence-corrected chi connectivity index (χ3v) is 4.30.